The lowest BCUT2D eigenvalue weighted by molar-refractivity contribution is -0.153. The first-order valence-corrected chi connectivity index (χ1v) is 7.74. The van der Waals surface area contributed by atoms with Crippen LogP contribution in [0.5, 0.6) is 0 Å². The number of carbonyl (C=O) groups excluding carboxylic acids is 1. The second kappa shape index (κ2) is 4.79. The summed E-state index contributed by atoms with van der Waals surface area (Å²) in [6, 6.07) is 0. The van der Waals surface area contributed by atoms with E-state index in [1.165, 1.54) is 34.5 Å². The molecule has 0 spiro atoms. The van der Waals surface area contributed by atoms with Gasteiger partial charge in [0.1, 0.15) is 21.6 Å². The first kappa shape index (κ1) is 13.5. The maximum atomic E-state index is 12.2. The van der Waals surface area contributed by atoms with Crippen LogP contribution in [0.3, 0.4) is 0 Å². The number of rotatable bonds is 4. The van der Waals surface area contributed by atoms with Gasteiger partial charge in [0.05, 0.1) is 6.20 Å². The quantitative estimate of drug-likeness (QED) is 0.501. The van der Waals surface area contributed by atoms with Gasteiger partial charge in [-0.25, -0.2) is 4.79 Å². The number of hydrogen-bond acceptors (Lipinski definition) is 7. The average Bonchev–Trinajstić information content (AvgIpc) is 2.96. The molecule has 2 aliphatic heterocycles. The van der Waals surface area contributed by atoms with Gasteiger partial charge < -0.3 is 10.8 Å². The van der Waals surface area contributed by atoms with Gasteiger partial charge in [0.15, 0.2) is 0 Å². The summed E-state index contributed by atoms with van der Waals surface area (Å²) in [6.45, 7) is 0. The van der Waals surface area contributed by atoms with E-state index in [0.29, 0.717) is 11.5 Å². The molecule has 106 valence electrons. The molecule has 0 saturated carbocycles. The number of H-pyrrole nitrogens is 1. The van der Waals surface area contributed by atoms with Gasteiger partial charge in [-0.05, 0) is 6.08 Å². The third kappa shape index (κ3) is 1.91. The van der Waals surface area contributed by atoms with Gasteiger partial charge in [-0.2, -0.15) is 0 Å². The maximum Gasteiger partial charge on any atom is 0.352 e. The van der Waals surface area contributed by atoms with Gasteiger partial charge in [0, 0.05) is 11.5 Å². The molecule has 0 bridgehead atoms. The molecular weight excluding hydrogens is 302 g/mol. The zero-order valence-electron chi connectivity index (χ0n) is 10.1. The Morgan fingerprint density at radius 2 is 2.55 bits per heavy atom. The Kier molecular flexibility index (Phi) is 3.22. The van der Waals surface area contributed by atoms with Crippen LogP contribution in [-0.2, 0) is 9.59 Å². The van der Waals surface area contributed by atoms with E-state index in [4.69, 9.17) is 10.8 Å². The summed E-state index contributed by atoms with van der Waals surface area (Å²) in [7, 11) is 0. The molecule has 4 N–H and O–H groups in total. The average molecular weight is 313 g/mol. The Morgan fingerprint density at radius 3 is 3.20 bits per heavy atom. The van der Waals surface area contributed by atoms with Crippen molar-refractivity contribution in [2.45, 2.75) is 15.9 Å². The number of fused-ring (bicyclic) bond motifs is 1. The standard InChI is InChI=1S/C10H11N5O3S2/c11-10(4-20-6-3-12-14-13-6)8(18)15-5(7(16)17)1-2-19-9(10)15/h1,3,9H,2,4,11H2,(H,16,17)(H,12,13,14)/t9-,10?/m0/s1. The van der Waals surface area contributed by atoms with Crippen LogP contribution in [0.4, 0.5) is 0 Å². The topological polar surface area (TPSA) is 125 Å². The summed E-state index contributed by atoms with van der Waals surface area (Å²) in [6.07, 6.45) is 3.08. The SMILES string of the molecule is NC1(CSc2cnn[nH]2)C(=O)N2C(C(=O)O)=CCS[C@H]21. The molecule has 2 atom stereocenters. The van der Waals surface area contributed by atoms with Crippen LogP contribution in [0.2, 0.25) is 0 Å². The molecule has 3 rings (SSSR count). The minimum atomic E-state index is -1.10. The largest absolute Gasteiger partial charge is 0.477 e. The minimum Gasteiger partial charge on any atom is -0.477 e. The van der Waals surface area contributed by atoms with E-state index < -0.39 is 11.5 Å². The third-order valence-corrected chi connectivity index (χ3v) is 5.60. The molecule has 1 aromatic heterocycles. The Labute approximate surface area is 122 Å². The molecule has 10 heteroatoms. The number of aromatic amines is 1. The van der Waals surface area contributed by atoms with Crippen molar-refractivity contribution in [3.8, 4) is 0 Å². The highest BCUT2D eigenvalue weighted by atomic mass is 32.2. The number of nitrogens with two attached hydrogens (primary N) is 1. The molecule has 1 saturated heterocycles. The van der Waals surface area contributed by atoms with Crippen LogP contribution in [0.1, 0.15) is 0 Å². The summed E-state index contributed by atoms with van der Waals surface area (Å²) < 4.78 is 0. The van der Waals surface area contributed by atoms with Crippen LogP contribution in [-0.4, -0.2) is 59.7 Å². The van der Waals surface area contributed by atoms with Gasteiger partial charge in [-0.15, -0.1) is 28.6 Å². The van der Waals surface area contributed by atoms with Gasteiger partial charge in [0.2, 0.25) is 0 Å². The Morgan fingerprint density at radius 1 is 1.75 bits per heavy atom. The van der Waals surface area contributed by atoms with Crippen molar-refractivity contribution < 1.29 is 14.7 Å². The van der Waals surface area contributed by atoms with E-state index in [1.807, 2.05) is 0 Å². The van der Waals surface area contributed by atoms with Crippen molar-refractivity contribution in [3.63, 3.8) is 0 Å². The number of carboxylic acid groups (broad SMARTS) is 1. The molecule has 1 amide bonds. The Hall–Kier alpha value is -1.52. The van der Waals surface area contributed by atoms with E-state index in [0.717, 1.165) is 5.03 Å². The first-order valence-electron chi connectivity index (χ1n) is 5.70. The van der Waals surface area contributed by atoms with E-state index in [-0.39, 0.29) is 17.0 Å². The Balaban J connectivity index is 1.75. The smallest absolute Gasteiger partial charge is 0.352 e. The monoisotopic (exact) mass is 313 g/mol. The molecule has 0 radical (unpaired) electrons. The van der Waals surface area contributed by atoms with Crippen molar-refractivity contribution in [2.24, 2.45) is 5.73 Å². The number of carbonyl (C=O) groups is 2. The summed E-state index contributed by atoms with van der Waals surface area (Å²) in [5, 5.41) is 19.4. The van der Waals surface area contributed by atoms with E-state index in [2.05, 4.69) is 15.4 Å². The number of carboxylic acids is 1. The molecule has 0 aromatic carbocycles. The summed E-state index contributed by atoms with van der Waals surface area (Å²) in [5.74, 6) is -0.582. The number of β-lactam (4-membered cyclic amide) rings is 1. The number of aliphatic carboxylic acids is 1. The van der Waals surface area contributed by atoms with Gasteiger partial charge in [0.25, 0.3) is 5.91 Å². The predicted octanol–water partition coefficient (Wildman–Crippen LogP) is -0.522. The number of amides is 1. The number of nitrogens with zero attached hydrogens (tertiary/aromatic N) is 3. The lowest BCUT2D eigenvalue weighted by Crippen LogP contribution is -2.78. The number of thioether (sulfide) groups is 2. The molecule has 20 heavy (non-hydrogen) atoms. The number of hydrogen-bond donors (Lipinski definition) is 3. The molecule has 1 aromatic rings. The van der Waals surface area contributed by atoms with Crippen molar-refractivity contribution in [2.75, 3.05) is 11.5 Å². The Bertz CT molecular complexity index is 590. The zero-order valence-corrected chi connectivity index (χ0v) is 11.8. The highest BCUT2D eigenvalue weighted by molar-refractivity contribution is 8.01. The normalized spacial score (nSPS) is 28.6. The molecule has 8 nitrogen and oxygen atoms in total. The van der Waals surface area contributed by atoms with E-state index in [1.54, 1.807) is 6.20 Å². The van der Waals surface area contributed by atoms with Gasteiger partial charge in [-0.1, -0.05) is 5.21 Å². The second-order valence-electron chi connectivity index (χ2n) is 4.41. The molecule has 1 unspecified atom stereocenters. The first-order chi connectivity index (χ1) is 9.54. The number of aromatic nitrogens is 3. The van der Waals surface area contributed by atoms with Gasteiger partial charge in [-0.3, -0.25) is 14.8 Å². The van der Waals surface area contributed by atoms with Gasteiger partial charge >= 0.3 is 5.97 Å². The molecular formula is C10H11N5O3S2. The van der Waals surface area contributed by atoms with Crippen LogP contribution >= 0.6 is 23.5 Å². The molecule has 2 aliphatic rings. The molecule has 0 aliphatic carbocycles. The minimum absolute atomic E-state index is 0.0213. The van der Waals surface area contributed by atoms with Crippen LogP contribution < -0.4 is 5.73 Å². The highest BCUT2D eigenvalue weighted by Gasteiger charge is 2.61. The fourth-order valence-electron chi connectivity index (χ4n) is 2.15. The second-order valence-corrected chi connectivity index (χ2v) is 6.54. The maximum absolute atomic E-state index is 12.2. The zero-order chi connectivity index (χ0) is 14.3. The molecule has 3 heterocycles. The van der Waals surface area contributed by atoms with Crippen LogP contribution in [0, 0.1) is 0 Å². The fourth-order valence-corrected chi connectivity index (χ4v) is 4.44. The summed E-state index contributed by atoms with van der Waals surface area (Å²) in [5.41, 5.74) is 5.13. The van der Waals surface area contributed by atoms with Crippen molar-refractivity contribution >= 4 is 35.4 Å². The predicted molar refractivity (Wildman–Crippen MR) is 72.8 cm³/mol. The lowest BCUT2D eigenvalue weighted by atomic mass is 9.90. The summed E-state index contributed by atoms with van der Waals surface area (Å²) in [4.78, 5) is 24.6. The van der Waals surface area contributed by atoms with Crippen molar-refractivity contribution in [1.82, 2.24) is 20.3 Å². The highest BCUT2D eigenvalue weighted by Crippen LogP contribution is 2.44. The van der Waals surface area contributed by atoms with Crippen molar-refractivity contribution in [1.29, 1.82) is 0 Å². The molecule has 1 fully saturated rings. The van der Waals surface area contributed by atoms with Crippen molar-refractivity contribution in [3.05, 3.63) is 18.0 Å². The van der Waals surface area contributed by atoms with Crippen LogP contribution in [0.15, 0.2) is 23.0 Å². The third-order valence-electron chi connectivity index (χ3n) is 3.16. The van der Waals surface area contributed by atoms with E-state index in [9.17, 15) is 9.59 Å². The summed E-state index contributed by atoms with van der Waals surface area (Å²) >= 11 is 2.81. The van der Waals surface area contributed by atoms with Crippen LogP contribution in [0.25, 0.3) is 0 Å². The van der Waals surface area contributed by atoms with E-state index >= 15 is 0 Å². The number of nitrogens with one attached hydrogen (secondary N) is 1. The lowest BCUT2D eigenvalue weighted by Gasteiger charge is -2.54. The fraction of sp³-hybridized carbons (Fsp3) is 0.400.